The maximum atomic E-state index is 12.6. The molecule has 1 amide bonds. The fraction of sp³-hybridized carbons (Fsp3) is 0.167. The molecule has 0 unspecified atom stereocenters. The molecule has 1 N–H and O–H groups in total. The zero-order chi connectivity index (χ0) is 19.5. The van der Waals surface area contributed by atoms with Crippen LogP contribution in [0.3, 0.4) is 0 Å². The molecule has 0 bridgehead atoms. The fourth-order valence-electron chi connectivity index (χ4n) is 3.37. The molecule has 28 heavy (non-hydrogen) atoms. The number of aromatic nitrogens is 1. The van der Waals surface area contributed by atoms with Gasteiger partial charge in [0, 0.05) is 17.7 Å². The summed E-state index contributed by atoms with van der Waals surface area (Å²) in [4.78, 5) is 17.2. The maximum Gasteiger partial charge on any atom is 0.255 e. The van der Waals surface area contributed by atoms with Gasteiger partial charge in [-0.05, 0) is 67.3 Å². The highest BCUT2D eigenvalue weighted by Gasteiger charge is 2.12. The molecule has 0 aliphatic rings. The van der Waals surface area contributed by atoms with Crippen LogP contribution in [0.4, 0.5) is 5.69 Å². The van der Waals surface area contributed by atoms with Crippen molar-refractivity contribution in [3.63, 3.8) is 0 Å². The Balaban J connectivity index is 1.50. The third-order valence-corrected chi connectivity index (χ3v) is 4.64. The molecule has 4 aromatic rings. The Hall–Kier alpha value is -3.40. The smallest absolute Gasteiger partial charge is 0.255 e. The molecular weight excluding hydrogens is 348 g/mol. The minimum atomic E-state index is -0.158. The summed E-state index contributed by atoms with van der Waals surface area (Å²) in [5, 5.41) is 2.96. The van der Waals surface area contributed by atoms with E-state index in [0.717, 1.165) is 35.2 Å². The molecule has 4 rings (SSSR count). The number of nitrogens with zero attached hydrogens (tertiary/aromatic N) is 1. The SMILES string of the molecule is Cc1cc(C)cc(NC(=O)c2ccc3nc(CCc4ccccc4)oc3c2)c1. The highest BCUT2D eigenvalue weighted by atomic mass is 16.3. The number of hydrogen-bond acceptors (Lipinski definition) is 3. The lowest BCUT2D eigenvalue weighted by atomic mass is 10.1. The highest BCUT2D eigenvalue weighted by molar-refractivity contribution is 6.05. The van der Waals surface area contributed by atoms with Gasteiger partial charge in [-0.2, -0.15) is 0 Å². The van der Waals surface area contributed by atoms with Gasteiger partial charge in [-0.3, -0.25) is 4.79 Å². The number of aryl methyl sites for hydroxylation is 4. The van der Waals surface area contributed by atoms with E-state index in [-0.39, 0.29) is 5.91 Å². The number of hydrogen-bond donors (Lipinski definition) is 1. The molecular formula is C24H22N2O2. The van der Waals surface area contributed by atoms with Crippen molar-refractivity contribution in [2.45, 2.75) is 26.7 Å². The van der Waals surface area contributed by atoms with Crippen LogP contribution in [-0.2, 0) is 12.8 Å². The number of nitrogens with one attached hydrogen (secondary N) is 1. The minimum absolute atomic E-state index is 0.158. The summed E-state index contributed by atoms with van der Waals surface area (Å²) >= 11 is 0. The molecule has 0 fully saturated rings. The normalized spacial score (nSPS) is 10.9. The van der Waals surface area contributed by atoms with Crippen molar-refractivity contribution in [2.75, 3.05) is 5.32 Å². The molecule has 1 heterocycles. The summed E-state index contributed by atoms with van der Waals surface area (Å²) in [6.07, 6.45) is 1.59. The minimum Gasteiger partial charge on any atom is -0.441 e. The Morgan fingerprint density at radius 3 is 2.43 bits per heavy atom. The van der Waals surface area contributed by atoms with Gasteiger partial charge in [0.05, 0.1) is 0 Å². The first-order valence-electron chi connectivity index (χ1n) is 9.40. The molecule has 0 saturated carbocycles. The predicted molar refractivity (Wildman–Crippen MR) is 112 cm³/mol. The van der Waals surface area contributed by atoms with Crippen LogP contribution in [0.5, 0.6) is 0 Å². The zero-order valence-corrected chi connectivity index (χ0v) is 16.0. The molecule has 0 aliphatic carbocycles. The molecule has 0 radical (unpaired) electrons. The van der Waals surface area contributed by atoms with Crippen LogP contribution in [0.15, 0.2) is 71.1 Å². The number of rotatable bonds is 5. The average molecular weight is 370 g/mol. The standard InChI is InChI=1S/C24H22N2O2/c1-16-12-17(2)14-20(13-16)25-24(27)19-9-10-21-22(15-19)28-23(26-21)11-8-18-6-4-3-5-7-18/h3-7,9-10,12-15H,8,11H2,1-2H3,(H,25,27). The molecule has 1 aromatic heterocycles. The van der Waals surface area contributed by atoms with E-state index < -0.39 is 0 Å². The zero-order valence-electron chi connectivity index (χ0n) is 16.0. The molecule has 0 saturated heterocycles. The first-order valence-corrected chi connectivity index (χ1v) is 9.40. The Morgan fingerprint density at radius 1 is 0.929 bits per heavy atom. The average Bonchev–Trinajstić information content (AvgIpc) is 3.08. The third kappa shape index (κ3) is 4.12. The van der Waals surface area contributed by atoms with E-state index in [9.17, 15) is 4.79 Å². The lowest BCUT2D eigenvalue weighted by Gasteiger charge is -2.07. The third-order valence-electron chi connectivity index (χ3n) is 4.64. The quantitative estimate of drug-likeness (QED) is 0.506. The second kappa shape index (κ2) is 7.69. The van der Waals surface area contributed by atoms with E-state index in [1.807, 2.05) is 50.2 Å². The Morgan fingerprint density at radius 2 is 1.68 bits per heavy atom. The topological polar surface area (TPSA) is 55.1 Å². The van der Waals surface area contributed by atoms with E-state index in [1.54, 1.807) is 12.1 Å². The maximum absolute atomic E-state index is 12.6. The van der Waals surface area contributed by atoms with Crippen LogP contribution in [0.25, 0.3) is 11.1 Å². The van der Waals surface area contributed by atoms with Crippen molar-refractivity contribution in [1.29, 1.82) is 0 Å². The molecule has 140 valence electrons. The van der Waals surface area contributed by atoms with Crippen molar-refractivity contribution in [2.24, 2.45) is 0 Å². The Bertz CT molecular complexity index is 1110. The molecule has 4 heteroatoms. The van der Waals surface area contributed by atoms with Crippen LogP contribution < -0.4 is 5.32 Å². The highest BCUT2D eigenvalue weighted by Crippen LogP contribution is 2.20. The van der Waals surface area contributed by atoms with E-state index in [0.29, 0.717) is 17.0 Å². The van der Waals surface area contributed by atoms with Gasteiger partial charge in [0.2, 0.25) is 0 Å². The Labute approximate surface area is 164 Å². The molecule has 0 aliphatic heterocycles. The number of anilines is 1. The van der Waals surface area contributed by atoms with E-state index in [2.05, 4.69) is 28.5 Å². The summed E-state index contributed by atoms with van der Waals surface area (Å²) in [6, 6.07) is 21.6. The van der Waals surface area contributed by atoms with Crippen molar-refractivity contribution in [3.8, 4) is 0 Å². The summed E-state index contributed by atoms with van der Waals surface area (Å²) in [7, 11) is 0. The monoisotopic (exact) mass is 370 g/mol. The molecule has 0 atom stereocenters. The van der Waals surface area contributed by atoms with Crippen molar-refractivity contribution in [3.05, 3.63) is 94.9 Å². The lowest BCUT2D eigenvalue weighted by Crippen LogP contribution is -2.11. The summed E-state index contributed by atoms with van der Waals surface area (Å²) in [5.74, 6) is 0.528. The molecule has 3 aromatic carbocycles. The van der Waals surface area contributed by atoms with Gasteiger partial charge >= 0.3 is 0 Å². The van der Waals surface area contributed by atoms with Crippen LogP contribution >= 0.6 is 0 Å². The number of benzene rings is 3. The first kappa shape index (κ1) is 18.0. The van der Waals surface area contributed by atoms with Crippen LogP contribution in [0.2, 0.25) is 0 Å². The Kier molecular flexibility index (Phi) is 4.94. The van der Waals surface area contributed by atoms with Crippen LogP contribution in [0.1, 0.15) is 32.9 Å². The van der Waals surface area contributed by atoms with Gasteiger partial charge in [-0.25, -0.2) is 4.98 Å². The van der Waals surface area contributed by atoms with E-state index >= 15 is 0 Å². The van der Waals surface area contributed by atoms with Crippen LogP contribution in [0, 0.1) is 13.8 Å². The van der Waals surface area contributed by atoms with Gasteiger partial charge in [0.1, 0.15) is 5.52 Å². The fourth-order valence-corrected chi connectivity index (χ4v) is 3.37. The first-order chi connectivity index (χ1) is 13.6. The van der Waals surface area contributed by atoms with Gasteiger partial charge < -0.3 is 9.73 Å². The number of carbonyl (C=O) groups excluding carboxylic acids is 1. The largest absolute Gasteiger partial charge is 0.441 e. The van der Waals surface area contributed by atoms with Gasteiger partial charge in [0.25, 0.3) is 5.91 Å². The number of carbonyl (C=O) groups is 1. The molecule has 0 spiro atoms. The molecule has 4 nitrogen and oxygen atoms in total. The second-order valence-corrected chi connectivity index (χ2v) is 7.11. The summed E-state index contributed by atoms with van der Waals surface area (Å²) < 4.78 is 5.88. The van der Waals surface area contributed by atoms with Crippen molar-refractivity contribution < 1.29 is 9.21 Å². The summed E-state index contributed by atoms with van der Waals surface area (Å²) in [6.45, 7) is 4.03. The second-order valence-electron chi connectivity index (χ2n) is 7.11. The number of oxazole rings is 1. The number of amides is 1. The number of fused-ring (bicyclic) bond motifs is 1. The lowest BCUT2D eigenvalue weighted by molar-refractivity contribution is 0.102. The van der Waals surface area contributed by atoms with E-state index in [1.165, 1.54) is 5.56 Å². The predicted octanol–water partition coefficient (Wildman–Crippen LogP) is 5.48. The summed E-state index contributed by atoms with van der Waals surface area (Å²) in [5.41, 5.74) is 6.23. The van der Waals surface area contributed by atoms with Crippen molar-refractivity contribution >= 4 is 22.7 Å². The van der Waals surface area contributed by atoms with Gasteiger partial charge in [-0.15, -0.1) is 0 Å². The van der Waals surface area contributed by atoms with Gasteiger partial charge in [0.15, 0.2) is 11.5 Å². The van der Waals surface area contributed by atoms with Gasteiger partial charge in [-0.1, -0.05) is 36.4 Å². The van der Waals surface area contributed by atoms with E-state index in [4.69, 9.17) is 4.42 Å². The van der Waals surface area contributed by atoms with Crippen LogP contribution in [-0.4, -0.2) is 10.9 Å². The van der Waals surface area contributed by atoms with Crippen molar-refractivity contribution in [1.82, 2.24) is 4.98 Å².